The van der Waals surface area contributed by atoms with E-state index in [0.717, 1.165) is 5.56 Å². The van der Waals surface area contributed by atoms with Crippen LogP contribution in [-0.4, -0.2) is 70.1 Å². The Hall–Kier alpha value is -2.29. The average Bonchev–Trinajstić information content (AvgIpc) is 3.03. The van der Waals surface area contributed by atoms with Crippen molar-refractivity contribution in [2.24, 2.45) is 5.92 Å². The summed E-state index contributed by atoms with van der Waals surface area (Å²) in [7, 11) is -0.161. The molecule has 1 aromatic rings. The van der Waals surface area contributed by atoms with E-state index in [2.05, 4.69) is 0 Å². The monoisotopic (exact) mass is 427 g/mol. The molecule has 1 amide bonds. The molecule has 1 atom stereocenters. The molecule has 1 fully saturated rings. The largest absolute Gasteiger partial charge is 0.496 e. The van der Waals surface area contributed by atoms with E-state index >= 15 is 0 Å². The van der Waals surface area contributed by atoms with Gasteiger partial charge in [0.05, 0.1) is 31.3 Å². The molecule has 2 rings (SSSR count). The molecule has 1 aliphatic rings. The lowest BCUT2D eigenvalue weighted by molar-refractivity contribution is -0.137. The van der Waals surface area contributed by atoms with E-state index in [1.807, 2.05) is 13.8 Å². The number of nitrogens with zero attached hydrogens (tertiary/aromatic N) is 1. The van der Waals surface area contributed by atoms with E-state index in [9.17, 15) is 18.0 Å². The quantitative estimate of drug-likeness (QED) is 0.584. The zero-order valence-corrected chi connectivity index (χ0v) is 18.4. The van der Waals surface area contributed by atoms with Crippen molar-refractivity contribution >= 4 is 21.7 Å². The Bertz CT molecular complexity index is 839. The molecule has 0 bridgehead atoms. The minimum atomic E-state index is -3.13. The van der Waals surface area contributed by atoms with Crippen molar-refractivity contribution < 1.29 is 32.2 Å². The van der Waals surface area contributed by atoms with E-state index in [4.69, 9.17) is 14.2 Å². The van der Waals surface area contributed by atoms with Crippen LogP contribution in [0, 0.1) is 12.8 Å². The highest BCUT2D eigenvalue weighted by Crippen LogP contribution is 2.29. The summed E-state index contributed by atoms with van der Waals surface area (Å²) in [6.07, 6.45) is 0.404. The number of benzene rings is 1. The second-order valence-electron chi connectivity index (χ2n) is 7.58. The summed E-state index contributed by atoms with van der Waals surface area (Å²) in [5.41, 5.74) is 0.948. The van der Waals surface area contributed by atoms with Gasteiger partial charge in [0.25, 0.3) is 5.91 Å². The molecule has 0 spiro atoms. The Morgan fingerprint density at radius 1 is 1.17 bits per heavy atom. The van der Waals surface area contributed by atoms with Gasteiger partial charge in [-0.3, -0.25) is 4.79 Å². The first-order valence-corrected chi connectivity index (χ1v) is 11.3. The summed E-state index contributed by atoms with van der Waals surface area (Å²) in [5.74, 6) is 0.0383. The SMILES string of the molecule is COc1cc(C(=O)OCC(=O)N(CC(C)C)[C@@H]2CCS(=O)(=O)C2)cc(OC)c1C. The minimum absolute atomic E-state index is 0.0498. The molecule has 0 aliphatic carbocycles. The summed E-state index contributed by atoms with van der Waals surface area (Å²) in [6, 6.07) is 2.67. The number of carbonyl (C=O) groups is 2. The highest BCUT2D eigenvalue weighted by molar-refractivity contribution is 7.91. The molecule has 1 saturated heterocycles. The maximum atomic E-state index is 12.7. The number of methoxy groups -OCH3 is 2. The molecule has 1 heterocycles. The molecule has 1 aromatic carbocycles. The van der Waals surface area contributed by atoms with Gasteiger partial charge in [-0.1, -0.05) is 13.8 Å². The second-order valence-corrected chi connectivity index (χ2v) is 9.81. The molecule has 9 heteroatoms. The number of sulfone groups is 1. The lowest BCUT2D eigenvalue weighted by Crippen LogP contribution is -2.45. The van der Waals surface area contributed by atoms with Crippen molar-refractivity contribution in [3.05, 3.63) is 23.3 Å². The number of amides is 1. The Labute approximate surface area is 172 Å². The first-order chi connectivity index (χ1) is 13.6. The van der Waals surface area contributed by atoms with Crippen LogP contribution < -0.4 is 9.47 Å². The Balaban J connectivity index is 2.10. The molecular weight excluding hydrogens is 398 g/mol. The minimum Gasteiger partial charge on any atom is -0.496 e. The van der Waals surface area contributed by atoms with Crippen LogP contribution in [0.1, 0.15) is 36.2 Å². The standard InChI is InChI=1S/C20H29NO7S/c1-13(2)10-21(16-6-7-29(24,25)12-16)19(22)11-28-20(23)15-8-17(26-4)14(3)18(9-15)27-5/h8-9,13,16H,6-7,10-12H2,1-5H3/t16-/m1/s1. The number of hydrogen-bond acceptors (Lipinski definition) is 7. The van der Waals surface area contributed by atoms with Crippen molar-refractivity contribution in [2.75, 3.05) is 38.9 Å². The normalized spacial score (nSPS) is 17.8. The molecule has 0 radical (unpaired) electrons. The van der Waals surface area contributed by atoms with Crippen molar-refractivity contribution in [2.45, 2.75) is 33.2 Å². The van der Waals surface area contributed by atoms with Crippen LogP contribution in [0.3, 0.4) is 0 Å². The number of ether oxygens (including phenoxy) is 3. The van der Waals surface area contributed by atoms with Crippen LogP contribution in [0.5, 0.6) is 11.5 Å². The van der Waals surface area contributed by atoms with Crippen molar-refractivity contribution in [3.8, 4) is 11.5 Å². The maximum absolute atomic E-state index is 12.7. The third-order valence-corrected chi connectivity index (χ3v) is 6.60. The Morgan fingerprint density at radius 2 is 1.76 bits per heavy atom. The number of hydrogen-bond donors (Lipinski definition) is 0. The van der Waals surface area contributed by atoms with Crippen molar-refractivity contribution in [1.29, 1.82) is 0 Å². The summed E-state index contributed by atoms with van der Waals surface area (Å²) >= 11 is 0. The van der Waals surface area contributed by atoms with Gasteiger partial charge in [0.1, 0.15) is 11.5 Å². The van der Waals surface area contributed by atoms with E-state index in [1.54, 1.807) is 6.92 Å². The molecule has 0 N–H and O–H groups in total. The molecule has 162 valence electrons. The molecular formula is C20H29NO7S. The smallest absolute Gasteiger partial charge is 0.338 e. The van der Waals surface area contributed by atoms with Gasteiger partial charge in [0.15, 0.2) is 16.4 Å². The maximum Gasteiger partial charge on any atom is 0.338 e. The summed E-state index contributed by atoms with van der Waals surface area (Å²) < 4.78 is 39.3. The highest BCUT2D eigenvalue weighted by atomic mass is 32.2. The molecule has 29 heavy (non-hydrogen) atoms. The summed E-state index contributed by atoms with van der Waals surface area (Å²) in [5, 5.41) is 0. The van der Waals surface area contributed by atoms with Gasteiger partial charge in [0, 0.05) is 18.2 Å². The number of carbonyl (C=O) groups excluding carboxylic acids is 2. The van der Waals surface area contributed by atoms with E-state index in [-0.39, 0.29) is 29.0 Å². The van der Waals surface area contributed by atoms with Gasteiger partial charge in [-0.05, 0) is 31.4 Å². The van der Waals surface area contributed by atoms with Crippen LogP contribution in [0.25, 0.3) is 0 Å². The Morgan fingerprint density at radius 3 is 2.21 bits per heavy atom. The van der Waals surface area contributed by atoms with E-state index in [1.165, 1.54) is 31.3 Å². The fourth-order valence-electron chi connectivity index (χ4n) is 3.37. The fraction of sp³-hybridized carbons (Fsp3) is 0.600. The summed E-state index contributed by atoms with van der Waals surface area (Å²) in [4.78, 5) is 26.7. The zero-order valence-electron chi connectivity index (χ0n) is 17.6. The molecule has 8 nitrogen and oxygen atoms in total. The molecule has 0 unspecified atom stereocenters. The molecule has 1 aliphatic heterocycles. The summed E-state index contributed by atoms with van der Waals surface area (Å²) in [6.45, 7) is 5.64. The van der Waals surface area contributed by atoms with Gasteiger partial charge in [0.2, 0.25) is 0 Å². The van der Waals surface area contributed by atoms with Crippen LogP contribution in [0.2, 0.25) is 0 Å². The third-order valence-electron chi connectivity index (χ3n) is 4.85. The average molecular weight is 428 g/mol. The van der Waals surface area contributed by atoms with Crippen LogP contribution in [0.4, 0.5) is 0 Å². The van der Waals surface area contributed by atoms with Gasteiger partial charge in [-0.15, -0.1) is 0 Å². The van der Waals surface area contributed by atoms with Crippen molar-refractivity contribution in [1.82, 2.24) is 4.90 Å². The van der Waals surface area contributed by atoms with Crippen LogP contribution in [0.15, 0.2) is 12.1 Å². The molecule has 0 aromatic heterocycles. The predicted octanol–water partition coefficient (Wildman–Crippen LogP) is 1.84. The number of esters is 1. The van der Waals surface area contributed by atoms with E-state index in [0.29, 0.717) is 24.5 Å². The molecule has 0 saturated carbocycles. The lowest BCUT2D eigenvalue weighted by Gasteiger charge is -2.29. The van der Waals surface area contributed by atoms with E-state index < -0.39 is 28.3 Å². The van der Waals surface area contributed by atoms with Crippen LogP contribution >= 0.6 is 0 Å². The van der Waals surface area contributed by atoms with Crippen LogP contribution in [-0.2, 0) is 19.4 Å². The Kier molecular flexibility index (Phi) is 7.51. The fourth-order valence-corrected chi connectivity index (χ4v) is 5.10. The topological polar surface area (TPSA) is 99.2 Å². The first kappa shape index (κ1) is 23.0. The predicted molar refractivity (Wildman–Crippen MR) is 108 cm³/mol. The first-order valence-electron chi connectivity index (χ1n) is 9.47. The number of rotatable bonds is 8. The van der Waals surface area contributed by atoms with Gasteiger partial charge in [-0.25, -0.2) is 13.2 Å². The second kappa shape index (κ2) is 9.47. The third kappa shape index (κ3) is 5.85. The van der Waals surface area contributed by atoms with Gasteiger partial charge < -0.3 is 19.1 Å². The lowest BCUT2D eigenvalue weighted by atomic mass is 10.1. The highest BCUT2D eigenvalue weighted by Gasteiger charge is 2.35. The van der Waals surface area contributed by atoms with Gasteiger partial charge >= 0.3 is 5.97 Å². The van der Waals surface area contributed by atoms with Crippen molar-refractivity contribution in [3.63, 3.8) is 0 Å². The van der Waals surface area contributed by atoms with Gasteiger partial charge in [-0.2, -0.15) is 0 Å². The zero-order chi connectivity index (χ0) is 21.8.